The zero-order valence-corrected chi connectivity index (χ0v) is 8.69. The van der Waals surface area contributed by atoms with Crippen LogP contribution in [-0.4, -0.2) is 37.0 Å². The van der Waals surface area contributed by atoms with E-state index in [9.17, 15) is 4.79 Å². The Bertz CT molecular complexity index is 265. The van der Waals surface area contributed by atoms with Crippen LogP contribution in [-0.2, 0) is 19.0 Å². The van der Waals surface area contributed by atoms with Gasteiger partial charge in [0.15, 0.2) is 12.1 Å². The van der Waals surface area contributed by atoms with E-state index in [4.69, 9.17) is 14.2 Å². The molecule has 4 nitrogen and oxygen atoms in total. The van der Waals surface area contributed by atoms with Crippen molar-refractivity contribution in [3.63, 3.8) is 0 Å². The molecular formula is C11H16O4. The minimum atomic E-state index is -0.304. The zero-order chi connectivity index (χ0) is 10.3. The molecule has 0 aromatic heterocycles. The van der Waals surface area contributed by atoms with Crippen LogP contribution < -0.4 is 0 Å². The highest BCUT2D eigenvalue weighted by atomic mass is 16.7. The van der Waals surface area contributed by atoms with Gasteiger partial charge in [-0.25, -0.2) is 0 Å². The van der Waals surface area contributed by atoms with Crippen molar-refractivity contribution in [2.24, 2.45) is 0 Å². The standard InChI is InChI=1S/C11H16O4/c12-7-5-10-11(13-6-7)15-9-4-2-1-3-8(9)14-10/h8-11H,1-6H2/t8-,9-,10-,11-/m1/s1. The molecule has 3 fully saturated rings. The average Bonchev–Trinajstić information content (AvgIpc) is 2.26. The molecule has 2 heterocycles. The predicted octanol–water partition coefficient (Wildman–Crippen LogP) is 1.03. The van der Waals surface area contributed by atoms with E-state index in [0.29, 0.717) is 6.42 Å². The number of carbonyl (C=O) groups excluding carboxylic acids is 1. The molecule has 0 aromatic rings. The molecule has 0 amide bonds. The number of fused-ring (bicyclic) bond motifs is 2. The normalized spacial score (nSPS) is 45.7. The molecule has 0 spiro atoms. The van der Waals surface area contributed by atoms with Crippen molar-refractivity contribution in [3.8, 4) is 0 Å². The van der Waals surface area contributed by atoms with Gasteiger partial charge in [0, 0.05) is 6.42 Å². The van der Waals surface area contributed by atoms with Crippen molar-refractivity contribution in [2.75, 3.05) is 6.61 Å². The fourth-order valence-electron chi connectivity index (χ4n) is 2.67. The summed E-state index contributed by atoms with van der Waals surface area (Å²) >= 11 is 0. The molecule has 3 rings (SSSR count). The molecule has 15 heavy (non-hydrogen) atoms. The van der Waals surface area contributed by atoms with Crippen molar-refractivity contribution in [1.29, 1.82) is 0 Å². The Morgan fingerprint density at radius 3 is 2.53 bits per heavy atom. The SMILES string of the molecule is O=C1CO[C@@H]2O[C@@H]3CCCC[C@H]3O[C@@H]2C1. The quantitative estimate of drug-likeness (QED) is 0.601. The van der Waals surface area contributed by atoms with Crippen LogP contribution in [0.15, 0.2) is 0 Å². The van der Waals surface area contributed by atoms with Crippen LogP contribution in [0, 0.1) is 0 Å². The van der Waals surface area contributed by atoms with Crippen molar-refractivity contribution in [2.45, 2.75) is 56.7 Å². The van der Waals surface area contributed by atoms with Gasteiger partial charge in [0.05, 0.1) is 12.2 Å². The monoisotopic (exact) mass is 212 g/mol. The predicted molar refractivity (Wildman–Crippen MR) is 51.4 cm³/mol. The summed E-state index contributed by atoms with van der Waals surface area (Å²) < 4.78 is 17.1. The molecule has 2 aliphatic heterocycles. The highest BCUT2D eigenvalue weighted by Crippen LogP contribution is 2.33. The first kappa shape index (κ1) is 9.75. The van der Waals surface area contributed by atoms with Crippen LogP contribution >= 0.6 is 0 Å². The van der Waals surface area contributed by atoms with E-state index < -0.39 is 0 Å². The number of hydrogen-bond acceptors (Lipinski definition) is 4. The highest BCUT2D eigenvalue weighted by molar-refractivity contribution is 5.80. The van der Waals surface area contributed by atoms with Crippen molar-refractivity contribution in [3.05, 3.63) is 0 Å². The van der Waals surface area contributed by atoms with Crippen LogP contribution in [0.2, 0.25) is 0 Å². The first-order valence-electron chi connectivity index (χ1n) is 5.77. The molecule has 4 heteroatoms. The smallest absolute Gasteiger partial charge is 0.185 e. The number of ether oxygens (including phenoxy) is 3. The van der Waals surface area contributed by atoms with Gasteiger partial charge in [0.1, 0.15) is 12.7 Å². The molecule has 0 unspecified atom stereocenters. The van der Waals surface area contributed by atoms with Gasteiger partial charge in [-0.2, -0.15) is 0 Å². The molecular weight excluding hydrogens is 196 g/mol. The lowest BCUT2D eigenvalue weighted by Crippen LogP contribution is -2.54. The second-order valence-corrected chi connectivity index (χ2v) is 4.59. The van der Waals surface area contributed by atoms with Crippen molar-refractivity contribution < 1.29 is 19.0 Å². The van der Waals surface area contributed by atoms with Crippen LogP contribution in [0.3, 0.4) is 0 Å². The van der Waals surface area contributed by atoms with Crippen LogP contribution in [0.1, 0.15) is 32.1 Å². The summed E-state index contributed by atoms with van der Waals surface area (Å²) in [5.41, 5.74) is 0. The van der Waals surface area contributed by atoms with E-state index in [-0.39, 0.29) is 37.0 Å². The molecule has 0 bridgehead atoms. The van der Waals surface area contributed by atoms with Gasteiger partial charge in [-0.05, 0) is 12.8 Å². The third kappa shape index (κ3) is 1.82. The summed E-state index contributed by atoms with van der Waals surface area (Å²) in [5.74, 6) is 0.120. The van der Waals surface area contributed by atoms with Crippen LogP contribution in [0.4, 0.5) is 0 Å². The van der Waals surface area contributed by atoms with E-state index in [2.05, 4.69) is 0 Å². The Morgan fingerprint density at radius 2 is 1.73 bits per heavy atom. The second-order valence-electron chi connectivity index (χ2n) is 4.59. The highest BCUT2D eigenvalue weighted by Gasteiger charge is 2.43. The summed E-state index contributed by atoms with van der Waals surface area (Å²) in [6.07, 6.45) is 4.90. The molecule has 4 atom stereocenters. The Kier molecular flexibility index (Phi) is 2.50. The summed E-state index contributed by atoms with van der Waals surface area (Å²) in [4.78, 5) is 11.2. The van der Waals surface area contributed by atoms with E-state index in [1.807, 2.05) is 0 Å². The second kappa shape index (κ2) is 3.85. The lowest BCUT2D eigenvalue weighted by atomic mass is 9.92. The number of Topliss-reactive ketones (excluding diaryl/α,β-unsaturated/α-hetero) is 1. The third-order valence-electron chi connectivity index (χ3n) is 3.44. The lowest BCUT2D eigenvalue weighted by Gasteiger charge is -2.44. The fourth-order valence-corrected chi connectivity index (χ4v) is 2.67. The van der Waals surface area contributed by atoms with Crippen LogP contribution in [0.25, 0.3) is 0 Å². The minimum Gasteiger partial charge on any atom is -0.367 e. The Hall–Kier alpha value is -0.450. The maximum absolute atomic E-state index is 11.2. The molecule has 1 aliphatic carbocycles. The zero-order valence-electron chi connectivity index (χ0n) is 8.69. The number of ketones is 1. The summed E-state index contributed by atoms with van der Waals surface area (Å²) in [6.45, 7) is 0.182. The summed E-state index contributed by atoms with van der Waals surface area (Å²) in [7, 11) is 0. The van der Waals surface area contributed by atoms with E-state index in [0.717, 1.165) is 12.8 Å². The molecule has 1 saturated carbocycles. The summed E-state index contributed by atoms with van der Waals surface area (Å²) in [6, 6.07) is 0. The molecule has 0 N–H and O–H groups in total. The Labute approximate surface area is 88.9 Å². The van der Waals surface area contributed by atoms with E-state index >= 15 is 0 Å². The molecule has 0 radical (unpaired) electrons. The first-order chi connectivity index (χ1) is 7.33. The Morgan fingerprint density at radius 1 is 1.00 bits per heavy atom. The van der Waals surface area contributed by atoms with E-state index in [1.165, 1.54) is 12.8 Å². The van der Waals surface area contributed by atoms with Gasteiger partial charge in [-0.3, -0.25) is 4.79 Å². The molecule has 3 aliphatic rings. The first-order valence-corrected chi connectivity index (χ1v) is 5.77. The average molecular weight is 212 g/mol. The van der Waals surface area contributed by atoms with Gasteiger partial charge < -0.3 is 14.2 Å². The topological polar surface area (TPSA) is 44.8 Å². The van der Waals surface area contributed by atoms with Gasteiger partial charge in [-0.15, -0.1) is 0 Å². The van der Waals surface area contributed by atoms with Gasteiger partial charge >= 0.3 is 0 Å². The maximum Gasteiger partial charge on any atom is 0.185 e. The van der Waals surface area contributed by atoms with Gasteiger partial charge in [0.2, 0.25) is 0 Å². The van der Waals surface area contributed by atoms with E-state index in [1.54, 1.807) is 0 Å². The van der Waals surface area contributed by atoms with Crippen molar-refractivity contribution >= 4 is 5.78 Å². The fraction of sp³-hybridized carbons (Fsp3) is 0.909. The third-order valence-corrected chi connectivity index (χ3v) is 3.44. The number of carbonyl (C=O) groups is 1. The minimum absolute atomic E-state index is 0.120. The van der Waals surface area contributed by atoms with Crippen LogP contribution in [0.5, 0.6) is 0 Å². The molecule has 84 valence electrons. The molecule has 0 aromatic carbocycles. The maximum atomic E-state index is 11.2. The van der Waals surface area contributed by atoms with Gasteiger partial charge in [-0.1, -0.05) is 12.8 Å². The molecule has 2 saturated heterocycles. The number of hydrogen-bond donors (Lipinski definition) is 0. The summed E-state index contributed by atoms with van der Waals surface area (Å²) in [5, 5.41) is 0. The van der Waals surface area contributed by atoms with Crippen molar-refractivity contribution in [1.82, 2.24) is 0 Å². The lowest BCUT2D eigenvalue weighted by molar-refractivity contribution is -0.311. The van der Waals surface area contributed by atoms with Gasteiger partial charge in [0.25, 0.3) is 0 Å². The number of rotatable bonds is 0. The Balaban J connectivity index is 1.70. The largest absolute Gasteiger partial charge is 0.367 e.